The highest BCUT2D eigenvalue weighted by atomic mass is 35.5. The summed E-state index contributed by atoms with van der Waals surface area (Å²) in [5, 5.41) is 3.83. The summed E-state index contributed by atoms with van der Waals surface area (Å²) < 4.78 is 0. The second-order valence-electron chi connectivity index (χ2n) is 8.13. The Labute approximate surface area is 201 Å². The Hall–Kier alpha value is -3.03. The molecule has 2 aromatic carbocycles. The van der Waals surface area contributed by atoms with Crippen LogP contribution in [-0.2, 0) is 17.8 Å². The zero-order valence-corrected chi connectivity index (χ0v) is 20.4. The second kappa shape index (κ2) is 9.85. The lowest BCUT2D eigenvalue weighted by atomic mass is 10.1. The van der Waals surface area contributed by atoms with Crippen LogP contribution in [0.25, 0.3) is 21.5 Å². The first-order valence-electron chi connectivity index (χ1n) is 10.8. The highest BCUT2D eigenvalue weighted by Crippen LogP contribution is 2.28. The van der Waals surface area contributed by atoms with Gasteiger partial charge in [-0.25, -0.2) is 9.97 Å². The monoisotopic (exact) mass is 480 g/mol. The third-order valence-electron chi connectivity index (χ3n) is 5.40. The van der Waals surface area contributed by atoms with Gasteiger partial charge in [0.25, 0.3) is 5.56 Å². The van der Waals surface area contributed by atoms with Gasteiger partial charge >= 0.3 is 0 Å². The predicted molar refractivity (Wildman–Crippen MR) is 134 cm³/mol. The summed E-state index contributed by atoms with van der Waals surface area (Å²) in [7, 11) is 0. The van der Waals surface area contributed by atoms with Gasteiger partial charge < -0.3 is 9.88 Å². The van der Waals surface area contributed by atoms with Crippen molar-refractivity contribution in [2.24, 2.45) is 0 Å². The molecule has 0 saturated carbocycles. The first-order valence-corrected chi connectivity index (χ1v) is 12.1. The van der Waals surface area contributed by atoms with Crippen LogP contribution >= 0.6 is 22.9 Å². The highest BCUT2D eigenvalue weighted by molar-refractivity contribution is 7.13. The van der Waals surface area contributed by atoms with E-state index in [9.17, 15) is 9.59 Å². The molecule has 0 saturated heterocycles. The van der Waals surface area contributed by atoms with Gasteiger partial charge in [0.2, 0.25) is 5.91 Å². The first kappa shape index (κ1) is 23.1. The number of carbonyl (C=O) groups excluding carboxylic acids is 1. The Morgan fingerprint density at radius 1 is 1.15 bits per heavy atom. The zero-order valence-electron chi connectivity index (χ0n) is 18.8. The number of carbonyl (C=O) groups is 1. The SMILES string of the molecule is CCCN(Cc1nc2cc(Cl)ccc2c(=O)[nH]1)C(=O)Cc1csc(-c2ccc(C)cc2C)n1. The van der Waals surface area contributed by atoms with E-state index >= 15 is 0 Å². The molecule has 0 radical (unpaired) electrons. The van der Waals surface area contributed by atoms with Crippen molar-refractivity contribution in [3.8, 4) is 10.6 Å². The first-order chi connectivity index (χ1) is 15.8. The number of nitrogens with zero attached hydrogens (tertiary/aromatic N) is 3. The summed E-state index contributed by atoms with van der Waals surface area (Å²) in [5.74, 6) is 0.383. The van der Waals surface area contributed by atoms with E-state index < -0.39 is 0 Å². The number of H-pyrrole nitrogens is 1. The smallest absolute Gasteiger partial charge is 0.258 e. The Balaban J connectivity index is 1.53. The van der Waals surface area contributed by atoms with Crippen LogP contribution in [0.4, 0.5) is 0 Å². The molecule has 33 heavy (non-hydrogen) atoms. The van der Waals surface area contributed by atoms with E-state index in [0.29, 0.717) is 28.3 Å². The molecule has 0 fully saturated rings. The van der Waals surface area contributed by atoms with E-state index in [1.165, 1.54) is 11.1 Å². The number of aryl methyl sites for hydroxylation is 2. The van der Waals surface area contributed by atoms with E-state index in [2.05, 4.69) is 42.0 Å². The van der Waals surface area contributed by atoms with Crippen molar-refractivity contribution in [1.82, 2.24) is 19.9 Å². The molecule has 0 aliphatic heterocycles. The summed E-state index contributed by atoms with van der Waals surface area (Å²) in [4.78, 5) is 39.3. The maximum absolute atomic E-state index is 13.1. The minimum Gasteiger partial charge on any atom is -0.335 e. The molecule has 2 heterocycles. The number of fused-ring (bicyclic) bond motifs is 1. The van der Waals surface area contributed by atoms with E-state index in [4.69, 9.17) is 16.6 Å². The van der Waals surface area contributed by atoms with Crippen molar-refractivity contribution >= 4 is 39.7 Å². The number of amides is 1. The highest BCUT2D eigenvalue weighted by Gasteiger charge is 2.18. The van der Waals surface area contributed by atoms with Crippen LogP contribution in [0.15, 0.2) is 46.6 Å². The van der Waals surface area contributed by atoms with Crippen molar-refractivity contribution in [2.45, 2.75) is 40.2 Å². The van der Waals surface area contributed by atoms with Gasteiger partial charge in [0.1, 0.15) is 10.8 Å². The van der Waals surface area contributed by atoms with Gasteiger partial charge in [0.15, 0.2) is 0 Å². The Kier molecular flexibility index (Phi) is 6.91. The molecule has 6 nitrogen and oxygen atoms in total. The summed E-state index contributed by atoms with van der Waals surface area (Å²) in [5.41, 5.74) is 4.48. The third kappa shape index (κ3) is 5.31. The fourth-order valence-corrected chi connectivity index (χ4v) is 4.89. The standard InChI is InChI=1S/C25H25ClN4O2S/c1-4-9-30(13-22-28-21-11-17(26)6-8-20(21)24(32)29-22)23(31)12-18-14-33-25(27-18)19-7-5-15(2)10-16(19)3/h5-8,10-11,14H,4,9,12-13H2,1-3H3,(H,28,29,32). The zero-order chi connectivity index (χ0) is 23.5. The van der Waals surface area contributed by atoms with Gasteiger partial charge in [0.05, 0.1) is 29.6 Å². The lowest BCUT2D eigenvalue weighted by Crippen LogP contribution is -2.34. The molecule has 0 unspecified atom stereocenters. The van der Waals surface area contributed by atoms with E-state index in [1.54, 1.807) is 34.4 Å². The fourth-order valence-electron chi connectivity index (χ4n) is 3.81. The van der Waals surface area contributed by atoms with Crippen molar-refractivity contribution in [1.29, 1.82) is 0 Å². The molecule has 4 aromatic rings. The van der Waals surface area contributed by atoms with Crippen LogP contribution in [0.5, 0.6) is 0 Å². The number of aromatic nitrogens is 3. The van der Waals surface area contributed by atoms with E-state index in [-0.39, 0.29) is 24.4 Å². The molecule has 0 aliphatic carbocycles. The minimum absolute atomic E-state index is 0.0526. The Bertz CT molecular complexity index is 1380. The van der Waals surface area contributed by atoms with Gasteiger partial charge in [-0.05, 0) is 44.0 Å². The maximum atomic E-state index is 13.1. The maximum Gasteiger partial charge on any atom is 0.258 e. The largest absolute Gasteiger partial charge is 0.335 e. The number of aromatic amines is 1. The average Bonchev–Trinajstić information content (AvgIpc) is 3.21. The number of thiazole rings is 1. The number of hydrogen-bond acceptors (Lipinski definition) is 5. The van der Waals surface area contributed by atoms with Crippen molar-refractivity contribution in [3.05, 3.63) is 79.8 Å². The molecule has 2 aromatic heterocycles. The van der Waals surface area contributed by atoms with Gasteiger partial charge in [-0.15, -0.1) is 11.3 Å². The lowest BCUT2D eigenvalue weighted by molar-refractivity contribution is -0.131. The average molecular weight is 481 g/mol. The summed E-state index contributed by atoms with van der Waals surface area (Å²) in [6, 6.07) is 11.3. The van der Waals surface area contributed by atoms with E-state index in [1.807, 2.05) is 12.3 Å². The lowest BCUT2D eigenvalue weighted by Gasteiger charge is -2.21. The van der Waals surface area contributed by atoms with Crippen LogP contribution in [0.3, 0.4) is 0 Å². The Morgan fingerprint density at radius 3 is 2.73 bits per heavy atom. The summed E-state index contributed by atoms with van der Waals surface area (Å²) >= 11 is 7.60. The number of halogens is 1. The van der Waals surface area contributed by atoms with Crippen molar-refractivity contribution in [3.63, 3.8) is 0 Å². The fraction of sp³-hybridized carbons (Fsp3) is 0.280. The van der Waals surface area contributed by atoms with Crippen LogP contribution < -0.4 is 5.56 Å². The van der Waals surface area contributed by atoms with E-state index in [0.717, 1.165) is 22.7 Å². The number of hydrogen-bond donors (Lipinski definition) is 1. The Morgan fingerprint density at radius 2 is 1.97 bits per heavy atom. The third-order valence-corrected chi connectivity index (χ3v) is 6.56. The number of nitrogens with one attached hydrogen (secondary N) is 1. The quantitative estimate of drug-likeness (QED) is 0.389. The molecule has 0 atom stereocenters. The molecular weight excluding hydrogens is 456 g/mol. The van der Waals surface area contributed by atoms with Gasteiger partial charge in [-0.1, -0.05) is 42.3 Å². The van der Waals surface area contributed by atoms with Gasteiger partial charge in [0, 0.05) is 22.5 Å². The number of rotatable bonds is 7. The normalized spacial score (nSPS) is 11.2. The molecule has 8 heteroatoms. The summed E-state index contributed by atoms with van der Waals surface area (Å²) in [6.07, 6.45) is 0.991. The summed E-state index contributed by atoms with van der Waals surface area (Å²) in [6.45, 7) is 6.93. The van der Waals surface area contributed by atoms with Crippen molar-refractivity contribution in [2.75, 3.05) is 6.54 Å². The van der Waals surface area contributed by atoms with Crippen LogP contribution in [-0.4, -0.2) is 32.3 Å². The molecule has 0 bridgehead atoms. The molecule has 0 spiro atoms. The van der Waals surface area contributed by atoms with Crippen LogP contribution in [0, 0.1) is 13.8 Å². The molecule has 1 amide bonds. The molecule has 170 valence electrons. The molecule has 1 N–H and O–H groups in total. The molecular formula is C25H25ClN4O2S. The second-order valence-corrected chi connectivity index (χ2v) is 9.42. The predicted octanol–water partition coefficient (Wildman–Crippen LogP) is 5.30. The molecule has 4 rings (SSSR count). The van der Waals surface area contributed by atoms with Crippen LogP contribution in [0.1, 0.15) is 36.0 Å². The minimum atomic E-state index is -0.242. The van der Waals surface area contributed by atoms with Crippen molar-refractivity contribution < 1.29 is 4.79 Å². The number of benzene rings is 2. The van der Waals surface area contributed by atoms with Crippen LogP contribution in [0.2, 0.25) is 5.02 Å². The molecule has 0 aliphatic rings. The van der Waals surface area contributed by atoms with Gasteiger partial charge in [-0.2, -0.15) is 0 Å². The van der Waals surface area contributed by atoms with Gasteiger partial charge in [-0.3, -0.25) is 9.59 Å². The topological polar surface area (TPSA) is 79.0 Å².